The summed E-state index contributed by atoms with van der Waals surface area (Å²) in [5, 5.41) is 20.8. The fourth-order valence-corrected chi connectivity index (χ4v) is 2.68. The number of ether oxygens (including phenoxy) is 6. The van der Waals surface area contributed by atoms with Crippen LogP contribution in [-0.2, 0) is 28.4 Å². The normalized spacial score (nSPS) is 27.1. The Balaban J connectivity index is 1.88. The number of hydrogen-bond donors (Lipinski definition) is 2. The van der Waals surface area contributed by atoms with Crippen LogP contribution in [-0.4, -0.2) is 85.6 Å². The van der Waals surface area contributed by atoms with Gasteiger partial charge in [-0.15, -0.1) is 0 Å². The number of carbonyl (C=O) groups excluding carboxylic acids is 2. The average Bonchev–Trinajstić information content (AvgIpc) is 3.23. The highest BCUT2D eigenvalue weighted by Crippen LogP contribution is 2.19. The van der Waals surface area contributed by atoms with Crippen LogP contribution in [0, 0.1) is 0 Å². The third kappa shape index (κ3) is 5.70. The van der Waals surface area contributed by atoms with Gasteiger partial charge in [0, 0.05) is 0 Å². The van der Waals surface area contributed by atoms with E-state index in [4.69, 9.17) is 18.9 Å². The van der Waals surface area contributed by atoms with E-state index >= 15 is 0 Å². The van der Waals surface area contributed by atoms with Gasteiger partial charge in [0.15, 0.2) is 12.2 Å². The lowest BCUT2D eigenvalue weighted by Crippen LogP contribution is -2.48. The summed E-state index contributed by atoms with van der Waals surface area (Å²) in [7, 11) is 0. The van der Waals surface area contributed by atoms with Crippen molar-refractivity contribution in [3.8, 4) is 0 Å². The van der Waals surface area contributed by atoms with Crippen molar-refractivity contribution in [2.24, 2.45) is 0 Å². The summed E-state index contributed by atoms with van der Waals surface area (Å²) in [5.74, 6) is 0. The fraction of sp³-hybridized carbons (Fsp3) is 0.875. The van der Waals surface area contributed by atoms with Crippen molar-refractivity contribution in [2.75, 3.05) is 26.4 Å². The van der Waals surface area contributed by atoms with Gasteiger partial charge in [-0.05, 0) is 12.8 Å². The van der Waals surface area contributed by atoms with E-state index in [1.165, 1.54) is 0 Å². The molecule has 0 spiro atoms. The Morgan fingerprint density at radius 2 is 1.50 bits per heavy atom. The predicted octanol–water partition coefficient (Wildman–Crippen LogP) is 0.369. The third-order valence-electron chi connectivity index (χ3n) is 4.19. The second kappa shape index (κ2) is 9.91. The van der Waals surface area contributed by atoms with Crippen LogP contribution in [0.25, 0.3) is 0 Å². The van der Waals surface area contributed by atoms with Crippen LogP contribution in [0.1, 0.15) is 26.7 Å². The molecule has 6 unspecified atom stereocenters. The molecular formula is C16H26O10. The predicted molar refractivity (Wildman–Crippen MR) is 84.5 cm³/mol. The maximum absolute atomic E-state index is 10.9. The molecule has 2 saturated heterocycles. The Labute approximate surface area is 151 Å². The van der Waals surface area contributed by atoms with E-state index in [0.717, 1.165) is 0 Å². The van der Waals surface area contributed by atoms with Gasteiger partial charge >= 0.3 is 12.3 Å². The molecule has 0 aromatic heterocycles. The number of aliphatic hydroxyl groups is 2. The molecule has 2 N–H and O–H groups in total. The molecule has 2 heterocycles. The molecule has 10 heteroatoms. The highest BCUT2D eigenvalue weighted by Gasteiger charge is 2.36. The van der Waals surface area contributed by atoms with Gasteiger partial charge < -0.3 is 38.6 Å². The summed E-state index contributed by atoms with van der Waals surface area (Å²) in [4.78, 5) is 21.9. The van der Waals surface area contributed by atoms with Gasteiger partial charge in [0.1, 0.15) is 25.4 Å². The summed E-state index contributed by atoms with van der Waals surface area (Å²) in [6.45, 7) is 3.76. The Hall–Kier alpha value is -1.62. The average molecular weight is 378 g/mol. The van der Waals surface area contributed by atoms with E-state index in [1.54, 1.807) is 6.92 Å². The molecule has 10 nitrogen and oxygen atoms in total. The second-order valence-corrected chi connectivity index (χ2v) is 6.15. The number of aliphatic hydroxyl groups excluding tert-OH is 2. The summed E-state index contributed by atoms with van der Waals surface area (Å²) in [6, 6.07) is 0. The van der Waals surface area contributed by atoms with Crippen LogP contribution in [0.4, 0.5) is 9.59 Å². The summed E-state index contributed by atoms with van der Waals surface area (Å²) < 4.78 is 30.4. The molecule has 0 saturated carbocycles. The van der Waals surface area contributed by atoms with E-state index in [-0.39, 0.29) is 26.4 Å². The first-order valence-corrected chi connectivity index (χ1v) is 8.70. The minimum Gasteiger partial charge on any atom is -0.430 e. The largest absolute Gasteiger partial charge is 0.508 e. The molecule has 2 aliphatic heterocycles. The van der Waals surface area contributed by atoms with Gasteiger partial charge in [-0.2, -0.15) is 0 Å². The molecule has 0 aliphatic carbocycles. The van der Waals surface area contributed by atoms with Gasteiger partial charge in [-0.25, -0.2) is 9.59 Å². The molecule has 2 fully saturated rings. The van der Waals surface area contributed by atoms with E-state index in [9.17, 15) is 19.8 Å². The Morgan fingerprint density at radius 3 is 1.92 bits per heavy atom. The number of carbonyl (C=O) groups is 2. The van der Waals surface area contributed by atoms with Crippen LogP contribution in [0.2, 0.25) is 0 Å². The zero-order valence-electron chi connectivity index (χ0n) is 14.9. The van der Waals surface area contributed by atoms with Crippen molar-refractivity contribution in [3.05, 3.63) is 0 Å². The summed E-state index contributed by atoms with van der Waals surface area (Å²) >= 11 is 0. The molecule has 0 amide bonds. The zero-order valence-corrected chi connectivity index (χ0v) is 14.9. The Bertz CT molecular complexity index is 470. The van der Waals surface area contributed by atoms with Gasteiger partial charge in [0.2, 0.25) is 0 Å². The SMILES string of the molecule is CCC(O)C(OCC1COC(=O)O1)C(O)C(CC)OCC1COC(=O)O1. The van der Waals surface area contributed by atoms with Crippen molar-refractivity contribution < 1.29 is 48.2 Å². The molecule has 2 rings (SSSR count). The maximum Gasteiger partial charge on any atom is 0.508 e. The molecule has 0 bridgehead atoms. The molecule has 26 heavy (non-hydrogen) atoms. The molecule has 0 aromatic rings. The summed E-state index contributed by atoms with van der Waals surface area (Å²) in [5.41, 5.74) is 0. The number of cyclic esters (lactones) is 4. The minimum absolute atomic E-state index is 0.0188. The van der Waals surface area contributed by atoms with Crippen molar-refractivity contribution in [3.63, 3.8) is 0 Å². The van der Waals surface area contributed by atoms with Gasteiger partial charge in [-0.3, -0.25) is 0 Å². The molecule has 0 radical (unpaired) electrons. The highest BCUT2D eigenvalue weighted by molar-refractivity contribution is 5.62. The molecule has 6 atom stereocenters. The van der Waals surface area contributed by atoms with Crippen LogP contribution in [0.5, 0.6) is 0 Å². The molecule has 150 valence electrons. The Kier molecular flexibility index (Phi) is 7.88. The quantitative estimate of drug-likeness (QED) is 0.486. The smallest absolute Gasteiger partial charge is 0.430 e. The molecular weight excluding hydrogens is 352 g/mol. The molecule has 2 aliphatic rings. The van der Waals surface area contributed by atoms with E-state index in [0.29, 0.717) is 12.8 Å². The zero-order chi connectivity index (χ0) is 19.1. The number of rotatable bonds is 11. The minimum atomic E-state index is -1.13. The summed E-state index contributed by atoms with van der Waals surface area (Å²) in [6.07, 6.45) is -5.49. The number of hydrogen-bond acceptors (Lipinski definition) is 10. The topological polar surface area (TPSA) is 130 Å². The second-order valence-electron chi connectivity index (χ2n) is 6.15. The van der Waals surface area contributed by atoms with Crippen molar-refractivity contribution >= 4 is 12.3 Å². The van der Waals surface area contributed by atoms with Gasteiger partial charge in [0.25, 0.3) is 0 Å². The first kappa shape index (κ1) is 20.7. The third-order valence-corrected chi connectivity index (χ3v) is 4.19. The highest BCUT2D eigenvalue weighted by atomic mass is 16.8. The van der Waals surface area contributed by atoms with E-state index < -0.39 is 48.9 Å². The monoisotopic (exact) mass is 378 g/mol. The molecule has 0 aromatic carbocycles. The lowest BCUT2D eigenvalue weighted by molar-refractivity contribution is -0.160. The van der Waals surface area contributed by atoms with Crippen molar-refractivity contribution in [1.29, 1.82) is 0 Å². The Morgan fingerprint density at radius 1 is 0.962 bits per heavy atom. The maximum atomic E-state index is 10.9. The van der Waals surface area contributed by atoms with E-state index in [2.05, 4.69) is 9.47 Å². The van der Waals surface area contributed by atoms with Crippen LogP contribution in [0.3, 0.4) is 0 Å². The standard InChI is InChI=1S/C16H26O10/c1-3-11(17)14(22-6-10-8-24-16(20)26-10)13(18)12(4-2)21-5-9-7-23-15(19)25-9/h9-14,17-18H,3-8H2,1-2H3. The van der Waals surface area contributed by atoms with Crippen molar-refractivity contribution in [1.82, 2.24) is 0 Å². The first-order valence-electron chi connectivity index (χ1n) is 8.70. The first-order chi connectivity index (χ1) is 12.4. The van der Waals surface area contributed by atoms with Gasteiger partial charge in [0.05, 0.1) is 25.4 Å². The van der Waals surface area contributed by atoms with Crippen molar-refractivity contribution in [2.45, 2.75) is 63.3 Å². The van der Waals surface area contributed by atoms with Crippen LogP contribution >= 0.6 is 0 Å². The van der Waals surface area contributed by atoms with Crippen LogP contribution in [0.15, 0.2) is 0 Å². The lowest BCUT2D eigenvalue weighted by atomic mass is 9.99. The lowest BCUT2D eigenvalue weighted by Gasteiger charge is -2.32. The van der Waals surface area contributed by atoms with E-state index in [1.807, 2.05) is 6.92 Å². The van der Waals surface area contributed by atoms with Crippen LogP contribution < -0.4 is 0 Å². The van der Waals surface area contributed by atoms with Gasteiger partial charge in [-0.1, -0.05) is 13.8 Å². The fourth-order valence-electron chi connectivity index (χ4n) is 2.68.